The molecule has 0 aliphatic carbocycles. The molecule has 0 unspecified atom stereocenters. The van der Waals surface area contributed by atoms with Crippen LogP contribution in [0.5, 0.6) is 5.75 Å². The number of nitro groups is 1. The second kappa shape index (κ2) is 10.4. The van der Waals surface area contributed by atoms with Gasteiger partial charge in [0.1, 0.15) is 11.5 Å². The fourth-order valence-corrected chi connectivity index (χ4v) is 6.36. The number of ether oxygens (including phenoxy) is 1. The van der Waals surface area contributed by atoms with Crippen molar-refractivity contribution in [2.75, 3.05) is 6.61 Å². The molecule has 3 heterocycles. The maximum Gasteiger partial charge on any atom is 0.274 e. The number of carbonyl (C=O) groups excluding carboxylic acids is 1. The Morgan fingerprint density at radius 1 is 1.24 bits per heavy atom. The van der Waals surface area contributed by atoms with Crippen molar-refractivity contribution >= 4 is 73.6 Å². The average molecular weight is 553 g/mol. The van der Waals surface area contributed by atoms with Crippen molar-refractivity contribution in [2.24, 2.45) is 4.99 Å². The first-order valence-electron chi connectivity index (χ1n) is 11.2. The Morgan fingerprint density at radius 2 is 2.08 bits per heavy atom. The molecule has 1 saturated heterocycles. The number of thioether (sulfide) groups is 1. The van der Waals surface area contributed by atoms with E-state index in [0.717, 1.165) is 37.6 Å². The summed E-state index contributed by atoms with van der Waals surface area (Å²) in [6.07, 6.45) is 1.64. The first-order chi connectivity index (χ1) is 17.8. The molecule has 1 aliphatic rings. The highest BCUT2D eigenvalue weighted by atomic mass is 32.2. The Labute approximate surface area is 224 Å². The van der Waals surface area contributed by atoms with Gasteiger partial charge in [-0.15, -0.1) is 11.3 Å². The van der Waals surface area contributed by atoms with Crippen LogP contribution in [0.2, 0.25) is 0 Å². The predicted octanol–water partition coefficient (Wildman–Crippen LogP) is 6.86. The summed E-state index contributed by atoms with van der Waals surface area (Å²) in [7, 11) is 0. The maximum atomic E-state index is 12.5. The van der Waals surface area contributed by atoms with Crippen LogP contribution in [0.15, 0.2) is 66.2 Å². The molecule has 5 rings (SSSR count). The molecular weight excluding hydrogens is 532 g/mol. The number of nitrogens with one attached hydrogen (secondary N) is 1. The van der Waals surface area contributed by atoms with Gasteiger partial charge in [0.15, 0.2) is 14.6 Å². The molecule has 37 heavy (non-hydrogen) atoms. The fourth-order valence-electron chi connectivity index (χ4n) is 3.54. The minimum Gasteiger partial charge on any atom is -0.494 e. The normalized spacial score (nSPS) is 15.6. The second-order valence-corrected chi connectivity index (χ2v) is 11.3. The van der Waals surface area contributed by atoms with Gasteiger partial charge in [0.05, 0.1) is 32.3 Å². The van der Waals surface area contributed by atoms with Crippen LogP contribution in [0.3, 0.4) is 0 Å². The molecule has 4 aromatic rings. The molecule has 188 valence electrons. The molecule has 9 nitrogen and oxygen atoms in total. The zero-order valence-electron chi connectivity index (χ0n) is 19.9. The van der Waals surface area contributed by atoms with Crippen molar-refractivity contribution in [2.45, 2.75) is 30.2 Å². The number of furan rings is 1. The Balaban J connectivity index is 1.31. The van der Waals surface area contributed by atoms with E-state index in [1.54, 1.807) is 43.4 Å². The predicted molar refractivity (Wildman–Crippen MR) is 147 cm³/mol. The molecule has 2 aromatic heterocycles. The molecular formula is C25H20N4O5S3. The Morgan fingerprint density at radius 3 is 2.86 bits per heavy atom. The zero-order valence-corrected chi connectivity index (χ0v) is 22.4. The number of aryl methyl sites for hydroxylation is 1. The molecule has 1 N–H and O–H groups in total. The zero-order chi connectivity index (χ0) is 26.1. The van der Waals surface area contributed by atoms with Gasteiger partial charge in [0, 0.05) is 17.7 Å². The molecule has 0 saturated carbocycles. The van der Waals surface area contributed by atoms with Gasteiger partial charge in [-0.05, 0) is 86.3 Å². The van der Waals surface area contributed by atoms with Gasteiger partial charge in [0.2, 0.25) is 0 Å². The summed E-state index contributed by atoms with van der Waals surface area (Å²) in [5, 5.41) is 15.0. The standard InChI is InChI=1S/C25H20N4O5S3/c1-4-33-16-5-7-18-20(11-16)36-25(27-18)37-22-8-6-17(34-22)12-21-23(30)28-24(35-21)26-15-9-13(2)14(3)19(10-15)29(31)32/h5-12H,4H2,1-3H3,(H,26,28,30)/b21-12-. The van der Waals surface area contributed by atoms with E-state index in [1.165, 1.54) is 17.8 Å². The number of hydrogen-bond donors (Lipinski definition) is 1. The second-order valence-electron chi connectivity index (χ2n) is 7.95. The van der Waals surface area contributed by atoms with E-state index in [1.807, 2.05) is 31.2 Å². The van der Waals surface area contributed by atoms with E-state index >= 15 is 0 Å². The van der Waals surface area contributed by atoms with Gasteiger partial charge in [0.25, 0.3) is 11.6 Å². The molecule has 2 aromatic carbocycles. The molecule has 0 atom stereocenters. The lowest BCUT2D eigenvalue weighted by Gasteiger charge is -2.03. The summed E-state index contributed by atoms with van der Waals surface area (Å²) < 4.78 is 13.3. The smallest absolute Gasteiger partial charge is 0.274 e. The number of aliphatic imine (C=N–C) groups is 1. The Bertz CT molecular complexity index is 1610. The number of carbonyl (C=O) groups is 1. The lowest BCUT2D eigenvalue weighted by Crippen LogP contribution is -2.19. The molecule has 0 radical (unpaired) electrons. The van der Waals surface area contributed by atoms with Crippen LogP contribution in [0, 0.1) is 24.0 Å². The van der Waals surface area contributed by atoms with E-state index < -0.39 is 4.92 Å². The fraction of sp³-hybridized carbons (Fsp3) is 0.160. The van der Waals surface area contributed by atoms with Crippen molar-refractivity contribution in [1.29, 1.82) is 0 Å². The SMILES string of the molecule is CCOc1ccc2nc(Sc3ccc(/C=C4\SC(=Nc5cc(C)c(C)c([N+](=O)[O-])c5)NC4=O)o3)sc2c1. The maximum absolute atomic E-state index is 12.5. The Kier molecular flexibility index (Phi) is 7.04. The molecule has 12 heteroatoms. The van der Waals surface area contributed by atoms with Crippen LogP contribution in [0.4, 0.5) is 11.4 Å². The monoisotopic (exact) mass is 552 g/mol. The first-order valence-corrected chi connectivity index (χ1v) is 13.6. The number of aromatic nitrogens is 1. The van der Waals surface area contributed by atoms with Crippen molar-refractivity contribution < 1.29 is 18.9 Å². The summed E-state index contributed by atoms with van der Waals surface area (Å²) in [5.41, 5.74) is 2.63. The summed E-state index contributed by atoms with van der Waals surface area (Å²) in [4.78, 5) is 32.8. The number of nitro benzene ring substituents is 1. The van der Waals surface area contributed by atoms with Crippen LogP contribution >= 0.6 is 34.9 Å². The highest BCUT2D eigenvalue weighted by Gasteiger charge is 2.25. The molecule has 1 amide bonds. The van der Waals surface area contributed by atoms with Gasteiger partial charge in [-0.1, -0.05) is 0 Å². The summed E-state index contributed by atoms with van der Waals surface area (Å²) >= 11 is 4.10. The number of rotatable bonds is 7. The van der Waals surface area contributed by atoms with Crippen molar-refractivity contribution in [3.05, 3.63) is 74.4 Å². The van der Waals surface area contributed by atoms with E-state index in [-0.39, 0.29) is 11.6 Å². The highest BCUT2D eigenvalue weighted by Crippen LogP contribution is 2.37. The van der Waals surface area contributed by atoms with Crippen LogP contribution in [-0.4, -0.2) is 27.6 Å². The number of fused-ring (bicyclic) bond motifs is 1. The largest absolute Gasteiger partial charge is 0.494 e. The van der Waals surface area contributed by atoms with Crippen molar-refractivity contribution in [3.63, 3.8) is 0 Å². The third kappa shape index (κ3) is 5.55. The number of amides is 1. The van der Waals surface area contributed by atoms with Gasteiger partial charge in [-0.2, -0.15) is 0 Å². The third-order valence-electron chi connectivity index (χ3n) is 5.42. The molecule has 0 bridgehead atoms. The average Bonchev–Trinajstić information content (AvgIpc) is 3.55. The summed E-state index contributed by atoms with van der Waals surface area (Å²) in [6.45, 7) is 6.04. The van der Waals surface area contributed by atoms with Gasteiger partial charge < -0.3 is 14.5 Å². The lowest BCUT2D eigenvalue weighted by atomic mass is 10.1. The topological polar surface area (TPSA) is 120 Å². The number of nitrogens with zero attached hydrogens (tertiary/aromatic N) is 3. The lowest BCUT2D eigenvalue weighted by molar-refractivity contribution is -0.385. The van der Waals surface area contributed by atoms with Gasteiger partial charge >= 0.3 is 0 Å². The van der Waals surface area contributed by atoms with E-state index in [0.29, 0.717) is 38.8 Å². The third-order valence-corrected chi connectivity index (χ3v) is 8.33. The number of benzene rings is 2. The first kappa shape index (κ1) is 25.1. The quantitative estimate of drug-likeness (QED) is 0.150. The van der Waals surface area contributed by atoms with E-state index in [4.69, 9.17) is 9.15 Å². The van der Waals surface area contributed by atoms with E-state index in [2.05, 4.69) is 15.3 Å². The van der Waals surface area contributed by atoms with Crippen molar-refractivity contribution in [3.8, 4) is 5.75 Å². The van der Waals surface area contributed by atoms with Gasteiger partial charge in [-0.3, -0.25) is 14.9 Å². The highest BCUT2D eigenvalue weighted by molar-refractivity contribution is 8.18. The number of amidine groups is 1. The number of thiazole rings is 1. The van der Waals surface area contributed by atoms with Crippen LogP contribution in [0.1, 0.15) is 23.8 Å². The molecule has 0 spiro atoms. The van der Waals surface area contributed by atoms with Crippen LogP contribution < -0.4 is 10.1 Å². The van der Waals surface area contributed by atoms with Crippen LogP contribution in [-0.2, 0) is 4.79 Å². The van der Waals surface area contributed by atoms with Crippen molar-refractivity contribution in [1.82, 2.24) is 10.3 Å². The Hall–Kier alpha value is -3.61. The van der Waals surface area contributed by atoms with Gasteiger partial charge in [-0.25, -0.2) is 9.98 Å². The van der Waals surface area contributed by atoms with Crippen LogP contribution in [0.25, 0.3) is 16.3 Å². The molecule has 1 fully saturated rings. The molecule has 1 aliphatic heterocycles. The minimum atomic E-state index is -0.434. The number of hydrogen-bond acceptors (Lipinski definition) is 10. The summed E-state index contributed by atoms with van der Waals surface area (Å²) in [5.74, 6) is 1.01. The minimum absolute atomic E-state index is 0.00656. The summed E-state index contributed by atoms with van der Waals surface area (Å²) in [6, 6.07) is 12.6. The van der Waals surface area contributed by atoms with E-state index in [9.17, 15) is 14.9 Å².